The first-order valence-corrected chi connectivity index (χ1v) is 14.8. The minimum Gasteiger partial charge on any atom is -0.612 e. The molecule has 0 saturated heterocycles. The van der Waals surface area contributed by atoms with E-state index in [0.717, 1.165) is 61.1 Å². The van der Waals surface area contributed by atoms with Crippen molar-refractivity contribution in [3.05, 3.63) is 162 Å². The number of nitrogens with zero attached hydrogens (tertiary/aromatic N) is 3. The lowest BCUT2D eigenvalue weighted by molar-refractivity contribution is -0.666. The standard InChI is InChI=1S/C40H27N5O/c41-26-45(46)39(42)32-19-13-28(14-20-32)35-22-16-29-15-21-34(23-36(29)24-35)27-11-17-31(18-12-27)38-25-37(30-7-3-1-4-8-30)43-40(44-38)33-9-5-2-6-10-33/h1-25,42,45H. The summed E-state index contributed by atoms with van der Waals surface area (Å²) in [6, 6.07) is 50.7. The molecular formula is C40H27N5O. The third-order valence-corrected chi connectivity index (χ3v) is 8.02. The van der Waals surface area contributed by atoms with Gasteiger partial charge in [-0.1, -0.05) is 121 Å². The number of benzene rings is 6. The maximum Gasteiger partial charge on any atom is 0.314 e. The van der Waals surface area contributed by atoms with E-state index < -0.39 is 5.06 Å². The maximum absolute atomic E-state index is 11.6. The molecule has 1 atom stereocenters. The summed E-state index contributed by atoms with van der Waals surface area (Å²) in [5.41, 5.74) is 9.38. The second kappa shape index (κ2) is 12.4. The molecule has 7 rings (SSSR count). The van der Waals surface area contributed by atoms with Crippen LogP contribution in [0.15, 0.2) is 152 Å². The van der Waals surface area contributed by atoms with Gasteiger partial charge in [-0.25, -0.2) is 20.4 Å². The Bertz CT molecular complexity index is 2170. The van der Waals surface area contributed by atoms with E-state index in [9.17, 15) is 5.21 Å². The molecule has 0 fully saturated rings. The fourth-order valence-corrected chi connectivity index (χ4v) is 5.52. The molecular weight excluding hydrogens is 566 g/mol. The van der Waals surface area contributed by atoms with E-state index in [4.69, 9.17) is 20.6 Å². The van der Waals surface area contributed by atoms with Crippen LogP contribution in [-0.2, 0) is 0 Å². The predicted molar refractivity (Wildman–Crippen MR) is 183 cm³/mol. The molecule has 6 nitrogen and oxygen atoms in total. The van der Waals surface area contributed by atoms with Gasteiger partial charge in [0.2, 0.25) is 5.84 Å². The zero-order valence-corrected chi connectivity index (χ0v) is 24.7. The normalized spacial score (nSPS) is 11.6. The number of nitrogens with one attached hydrogen (secondary N) is 2. The van der Waals surface area contributed by atoms with E-state index in [2.05, 4.69) is 72.8 Å². The smallest absolute Gasteiger partial charge is 0.314 e. The molecule has 0 saturated carbocycles. The van der Waals surface area contributed by atoms with Gasteiger partial charge in [0.1, 0.15) is 0 Å². The third-order valence-electron chi connectivity index (χ3n) is 8.02. The molecule has 0 radical (unpaired) electrons. The largest absolute Gasteiger partial charge is 0.612 e. The van der Waals surface area contributed by atoms with E-state index in [1.807, 2.05) is 66.7 Å². The number of hydrogen-bond acceptors (Lipinski definition) is 5. The third kappa shape index (κ3) is 5.80. The highest BCUT2D eigenvalue weighted by Crippen LogP contribution is 2.32. The molecule has 0 spiro atoms. The number of nitriles is 1. The van der Waals surface area contributed by atoms with E-state index in [1.54, 1.807) is 12.1 Å². The van der Waals surface area contributed by atoms with Crippen molar-refractivity contribution in [2.75, 3.05) is 0 Å². The number of aromatic nitrogens is 2. The Hall–Kier alpha value is -6.26. The Labute approximate surface area is 266 Å². The maximum atomic E-state index is 11.6. The SMILES string of the molecule is N#C[NH+]([O-])C(=N)c1ccc(-c2ccc3ccc(-c4ccc(-c5cc(-c6ccccc6)nc(-c6ccccc6)n5)cc4)cc3c2)cc1. The van der Waals surface area contributed by atoms with Gasteiger partial charge in [-0.3, -0.25) is 0 Å². The van der Waals surface area contributed by atoms with Crippen LogP contribution >= 0.6 is 0 Å². The minimum absolute atomic E-state index is 0.295. The van der Waals surface area contributed by atoms with Crippen molar-refractivity contribution in [1.82, 2.24) is 9.97 Å². The fourth-order valence-electron chi connectivity index (χ4n) is 5.52. The van der Waals surface area contributed by atoms with E-state index in [0.29, 0.717) is 11.4 Å². The van der Waals surface area contributed by atoms with Gasteiger partial charge in [-0.15, -0.1) is 5.26 Å². The average Bonchev–Trinajstić information content (AvgIpc) is 3.14. The summed E-state index contributed by atoms with van der Waals surface area (Å²) in [6.07, 6.45) is 1.51. The topological polar surface area (TPSA) is 101 Å². The molecule has 1 aromatic heterocycles. The van der Waals surface area contributed by atoms with Crippen molar-refractivity contribution in [3.8, 4) is 62.3 Å². The van der Waals surface area contributed by atoms with Crippen molar-refractivity contribution in [2.45, 2.75) is 0 Å². The van der Waals surface area contributed by atoms with E-state index in [-0.39, 0.29) is 5.84 Å². The van der Waals surface area contributed by atoms with Crippen molar-refractivity contribution in [1.29, 1.82) is 10.7 Å². The summed E-state index contributed by atoms with van der Waals surface area (Å²) in [6.45, 7) is 0. The van der Waals surface area contributed by atoms with Crippen LogP contribution in [0.25, 0.3) is 66.9 Å². The lowest BCUT2D eigenvalue weighted by Crippen LogP contribution is -3.06. The van der Waals surface area contributed by atoms with Crippen LogP contribution in [0.5, 0.6) is 0 Å². The summed E-state index contributed by atoms with van der Waals surface area (Å²) in [5.74, 6) is 0.395. The molecule has 1 unspecified atom stereocenters. The Morgan fingerprint density at radius 1 is 0.522 bits per heavy atom. The summed E-state index contributed by atoms with van der Waals surface area (Å²) in [5, 5.41) is 29.7. The van der Waals surface area contributed by atoms with Crippen molar-refractivity contribution < 1.29 is 5.06 Å². The highest BCUT2D eigenvalue weighted by atomic mass is 16.5. The lowest BCUT2D eigenvalue weighted by atomic mass is 9.96. The average molecular weight is 594 g/mol. The predicted octanol–water partition coefficient (Wildman–Crippen LogP) is 8.15. The first-order valence-electron chi connectivity index (χ1n) is 14.8. The van der Waals surface area contributed by atoms with Crippen molar-refractivity contribution >= 4 is 16.6 Å². The summed E-state index contributed by atoms with van der Waals surface area (Å²) >= 11 is 0. The number of fused-ring (bicyclic) bond motifs is 1. The Kier molecular flexibility index (Phi) is 7.68. The molecule has 218 valence electrons. The van der Waals surface area contributed by atoms with Gasteiger partial charge in [0.05, 0.1) is 17.0 Å². The molecule has 0 aliphatic heterocycles. The first kappa shape index (κ1) is 28.5. The van der Waals surface area contributed by atoms with Crippen LogP contribution in [0, 0.1) is 22.1 Å². The number of rotatable bonds is 6. The van der Waals surface area contributed by atoms with Gasteiger partial charge in [-0.05, 0) is 63.4 Å². The van der Waals surface area contributed by atoms with Crippen LogP contribution in [0.4, 0.5) is 0 Å². The quantitative estimate of drug-likeness (QED) is 0.0879. The van der Waals surface area contributed by atoms with E-state index in [1.165, 1.54) is 6.19 Å². The van der Waals surface area contributed by atoms with Crippen molar-refractivity contribution in [3.63, 3.8) is 0 Å². The summed E-state index contributed by atoms with van der Waals surface area (Å²) < 4.78 is 0. The summed E-state index contributed by atoms with van der Waals surface area (Å²) in [7, 11) is 0. The van der Waals surface area contributed by atoms with E-state index >= 15 is 0 Å². The molecule has 2 N–H and O–H groups in total. The second-order valence-electron chi connectivity index (χ2n) is 10.9. The zero-order valence-electron chi connectivity index (χ0n) is 24.7. The highest BCUT2D eigenvalue weighted by molar-refractivity contribution is 5.93. The molecule has 6 aromatic carbocycles. The monoisotopic (exact) mass is 593 g/mol. The molecule has 6 heteroatoms. The molecule has 7 aromatic rings. The molecule has 0 aliphatic rings. The van der Waals surface area contributed by atoms with Crippen LogP contribution in [0.3, 0.4) is 0 Å². The fraction of sp³-hybridized carbons (Fsp3) is 0. The van der Waals surface area contributed by atoms with Crippen molar-refractivity contribution in [2.24, 2.45) is 0 Å². The van der Waals surface area contributed by atoms with Crippen LogP contribution in [0.1, 0.15) is 5.56 Å². The molecule has 0 amide bonds. The Morgan fingerprint density at radius 2 is 0.978 bits per heavy atom. The van der Waals surface area contributed by atoms with Crippen LogP contribution < -0.4 is 5.06 Å². The van der Waals surface area contributed by atoms with Gasteiger partial charge in [0, 0.05) is 16.7 Å². The van der Waals surface area contributed by atoms with Gasteiger partial charge in [0.25, 0.3) is 0 Å². The number of quaternary nitrogens is 1. The van der Waals surface area contributed by atoms with Crippen LogP contribution in [-0.4, -0.2) is 15.8 Å². The summed E-state index contributed by atoms with van der Waals surface area (Å²) in [4.78, 5) is 9.85. The molecule has 0 aliphatic carbocycles. The van der Waals surface area contributed by atoms with Gasteiger partial charge < -0.3 is 5.21 Å². The molecule has 46 heavy (non-hydrogen) atoms. The Balaban J connectivity index is 1.19. The number of hydroxylamine groups is 2. The zero-order chi connectivity index (χ0) is 31.5. The number of amidine groups is 1. The van der Waals surface area contributed by atoms with Gasteiger partial charge >= 0.3 is 6.19 Å². The lowest BCUT2D eigenvalue weighted by Gasteiger charge is -2.12. The van der Waals surface area contributed by atoms with Crippen LogP contribution in [0.2, 0.25) is 0 Å². The molecule has 0 bridgehead atoms. The first-order chi connectivity index (χ1) is 22.6. The second-order valence-corrected chi connectivity index (χ2v) is 10.9. The Morgan fingerprint density at radius 3 is 1.52 bits per heavy atom. The van der Waals surface area contributed by atoms with Gasteiger partial charge in [-0.2, -0.15) is 0 Å². The molecule has 1 heterocycles. The highest BCUT2D eigenvalue weighted by Gasteiger charge is 2.12. The van der Waals surface area contributed by atoms with Gasteiger partial charge in [0.15, 0.2) is 5.82 Å². The minimum atomic E-state index is -0.843. The number of hydrogen-bond donors (Lipinski definition) is 2.